The van der Waals surface area contributed by atoms with Gasteiger partial charge < -0.3 is 10.2 Å². The maximum absolute atomic E-state index is 10.5. The molecule has 0 radical (unpaired) electrons. The third-order valence-corrected chi connectivity index (χ3v) is 2.25. The van der Waals surface area contributed by atoms with E-state index in [1.165, 1.54) is 12.8 Å². The van der Waals surface area contributed by atoms with Crippen LogP contribution in [0, 0.1) is 0 Å². The topological polar surface area (TPSA) is 32.3 Å². The van der Waals surface area contributed by atoms with Gasteiger partial charge in [0.15, 0.2) is 0 Å². The Bertz CT molecular complexity index is 125. The number of hydrogen-bond acceptors (Lipinski definition) is 2. The van der Waals surface area contributed by atoms with E-state index in [4.69, 9.17) is 0 Å². The van der Waals surface area contributed by atoms with Gasteiger partial charge in [-0.25, -0.2) is 0 Å². The standard InChI is InChI=1S/C8H16N2O/c1-9-6-8-4-2-3-5-10(8)7-11/h7-9H,2-6H2,1H3. The Balaban J connectivity index is 2.37. The molecule has 1 saturated heterocycles. The van der Waals surface area contributed by atoms with E-state index in [1.54, 1.807) is 0 Å². The zero-order valence-electron chi connectivity index (χ0n) is 7.05. The lowest BCUT2D eigenvalue weighted by atomic mass is 10.0. The van der Waals surface area contributed by atoms with Crippen molar-refractivity contribution in [3.63, 3.8) is 0 Å². The van der Waals surface area contributed by atoms with Gasteiger partial charge in [-0.2, -0.15) is 0 Å². The molecule has 1 fully saturated rings. The summed E-state index contributed by atoms with van der Waals surface area (Å²) in [5.74, 6) is 0. The number of rotatable bonds is 3. The van der Waals surface area contributed by atoms with Gasteiger partial charge in [-0.3, -0.25) is 4.79 Å². The molecule has 3 nitrogen and oxygen atoms in total. The van der Waals surface area contributed by atoms with Gasteiger partial charge in [-0.05, 0) is 26.3 Å². The monoisotopic (exact) mass is 156 g/mol. The molecule has 1 unspecified atom stereocenters. The summed E-state index contributed by atoms with van der Waals surface area (Å²) in [6.07, 6.45) is 4.55. The third-order valence-electron chi connectivity index (χ3n) is 2.25. The third kappa shape index (κ3) is 2.19. The van der Waals surface area contributed by atoms with Gasteiger partial charge in [-0.1, -0.05) is 0 Å². The Hall–Kier alpha value is -0.570. The van der Waals surface area contributed by atoms with Crippen LogP contribution in [0.25, 0.3) is 0 Å². The average Bonchev–Trinajstić information content (AvgIpc) is 2.06. The number of likely N-dealkylation sites (tertiary alicyclic amines) is 1. The minimum absolute atomic E-state index is 0.436. The summed E-state index contributed by atoms with van der Waals surface area (Å²) in [5, 5.41) is 3.10. The van der Waals surface area contributed by atoms with Gasteiger partial charge in [0.1, 0.15) is 0 Å². The van der Waals surface area contributed by atoms with Crippen molar-refractivity contribution < 1.29 is 4.79 Å². The van der Waals surface area contributed by atoms with Crippen molar-refractivity contribution >= 4 is 6.41 Å². The highest BCUT2D eigenvalue weighted by molar-refractivity contribution is 5.48. The number of likely N-dealkylation sites (N-methyl/N-ethyl adjacent to an activating group) is 1. The van der Waals surface area contributed by atoms with Crippen LogP contribution in [0.2, 0.25) is 0 Å². The van der Waals surface area contributed by atoms with Crippen LogP contribution < -0.4 is 5.32 Å². The van der Waals surface area contributed by atoms with Crippen LogP contribution in [0.5, 0.6) is 0 Å². The van der Waals surface area contributed by atoms with Crippen molar-refractivity contribution in [2.24, 2.45) is 0 Å². The Labute approximate surface area is 67.8 Å². The molecule has 11 heavy (non-hydrogen) atoms. The van der Waals surface area contributed by atoms with E-state index in [0.29, 0.717) is 6.04 Å². The highest BCUT2D eigenvalue weighted by Gasteiger charge is 2.19. The van der Waals surface area contributed by atoms with E-state index in [2.05, 4.69) is 5.32 Å². The van der Waals surface area contributed by atoms with E-state index in [9.17, 15) is 4.79 Å². The highest BCUT2D eigenvalue weighted by atomic mass is 16.1. The molecule has 1 heterocycles. The number of carbonyl (C=O) groups is 1. The van der Waals surface area contributed by atoms with Crippen LogP contribution in [-0.4, -0.2) is 37.5 Å². The lowest BCUT2D eigenvalue weighted by Gasteiger charge is -2.32. The van der Waals surface area contributed by atoms with Crippen LogP contribution in [0.15, 0.2) is 0 Å². The molecule has 0 bridgehead atoms. The second-order valence-corrected chi connectivity index (χ2v) is 3.05. The summed E-state index contributed by atoms with van der Waals surface area (Å²) >= 11 is 0. The summed E-state index contributed by atoms with van der Waals surface area (Å²) in [5.41, 5.74) is 0. The van der Waals surface area contributed by atoms with Crippen LogP contribution in [0.3, 0.4) is 0 Å². The first kappa shape index (κ1) is 8.53. The quantitative estimate of drug-likeness (QED) is 0.593. The smallest absolute Gasteiger partial charge is 0.209 e. The maximum atomic E-state index is 10.5. The fourth-order valence-electron chi connectivity index (χ4n) is 1.62. The Kier molecular flexibility index (Phi) is 3.36. The fraction of sp³-hybridized carbons (Fsp3) is 0.875. The fourth-order valence-corrected chi connectivity index (χ4v) is 1.62. The van der Waals surface area contributed by atoms with Gasteiger partial charge in [0.2, 0.25) is 6.41 Å². The largest absolute Gasteiger partial charge is 0.341 e. The molecule has 0 spiro atoms. The Morgan fingerprint density at radius 3 is 3.09 bits per heavy atom. The van der Waals surface area contributed by atoms with Crippen molar-refractivity contribution in [3.05, 3.63) is 0 Å². The lowest BCUT2D eigenvalue weighted by molar-refractivity contribution is -0.121. The minimum Gasteiger partial charge on any atom is -0.341 e. The summed E-state index contributed by atoms with van der Waals surface area (Å²) in [4.78, 5) is 12.4. The molecule has 0 aromatic carbocycles. The molecule has 1 atom stereocenters. The van der Waals surface area contributed by atoms with Gasteiger partial charge in [0.25, 0.3) is 0 Å². The maximum Gasteiger partial charge on any atom is 0.209 e. The molecule has 0 aromatic heterocycles. The molecule has 1 rings (SSSR count). The number of amides is 1. The van der Waals surface area contributed by atoms with Crippen LogP contribution >= 0.6 is 0 Å². The lowest BCUT2D eigenvalue weighted by Crippen LogP contribution is -2.43. The van der Waals surface area contributed by atoms with E-state index in [1.807, 2.05) is 11.9 Å². The number of piperidine rings is 1. The summed E-state index contributed by atoms with van der Waals surface area (Å²) < 4.78 is 0. The summed E-state index contributed by atoms with van der Waals surface area (Å²) in [6, 6.07) is 0.436. The number of nitrogens with zero attached hydrogens (tertiary/aromatic N) is 1. The van der Waals surface area contributed by atoms with Crippen molar-refractivity contribution in [1.82, 2.24) is 10.2 Å². The molecule has 1 aliphatic heterocycles. The first-order valence-corrected chi connectivity index (χ1v) is 4.24. The van der Waals surface area contributed by atoms with E-state index in [-0.39, 0.29) is 0 Å². The highest BCUT2D eigenvalue weighted by Crippen LogP contribution is 2.13. The number of carbonyl (C=O) groups excluding carboxylic acids is 1. The minimum atomic E-state index is 0.436. The van der Waals surface area contributed by atoms with E-state index >= 15 is 0 Å². The number of nitrogens with one attached hydrogen (secondary N) is 1. The molecule has 0 aromatic rings. The summed E-state index contributed by atoms with van der Waals surface area (Å²) in [7, 11) is 1.93. The second kappa shape index (κ2) is 4.34. The molecule has 0 saturated carbocycles. The zero-order valence-corrected chi connectivity index (χ0v) is 7.05. The SMILES string of the molecule is CNCC1CCCCN1C=O. The van der Waals surface area contributed by atoms with Crippen LogP contribution in [0.1, 0.15) is 19.3 Å². The second-order valence-electron chi connectivity index (χ2n) is 3.05. The average molecular weight is 156 g/mol. The Morgan fingerprint density at radius 1 is 1.64 bits per heavy atom. The van der Waals surface area contributed by atoms with Crippen LogP contribution in [-0.2, 0) is 4.79 Å². The molecule has 1 amide bonds. The van der Waals surface area contributed by atoms with E-state index in [0.717, 1.165) is 25.9 Å². The normalized spacial score (nSPS) is 25.2. The molecular formula is C8H16N2O. The molecule has 3 heteroatoms. The predicted octanol–water partition coefficient (Wildman–Crippen LogP) is 0.217. The Morgan fingerprint density at radius 2 is 2.45 bits per heavy atom. The molecule has 1 aliphatic rings. The van der Waals surface area contributed by atoms with Crippen molar-refractivity contribution in [1.29, 1.82) is 0 Å². The molecule has 64 valence electrons. The van der Waals surface area contributed by atoms with Gasteiger partial charge in [-0.15, -0.1) is 0 Å². The molecule has 0 aliphatic carbocycles. The van der Waals surface area contributed by atoms with Crippen molar-refractivity contribution in [2.75, 3.05) is 20.1 Å². The zero-order chi connectivity index (χ0) is 8.10. The predicted molar refractivity (Wildman–Crippen MR) is 44.3 cm³/mol. The summed E-state index contributed by atoms with van der Waals surface area (Å²) in [6.45, 7) is 1.87. The first-order valence-electron chi connectivity index (χ1n) is 4.24. The van der Waals surface area contributed by atoms with Crippen LogP contribution in [0.4, 0.5) is 0 Å². The van der Waals surface area contributed by atoms with Gasteiger partial charge in [0, 0.05) is 19.1 Å². The van der Waals surface area contributed by atoms with Gasteiger partial charge in [0.05, 0.1) is 0 Å². The van der Waals surface area contributed by atoms with Crippen molar-refractivity contribution in [2.45, 2.75) is 25.3 Å². The van der Waals surface area contributed by atoms with E-state index < -0.39 is 0 Å². The number of hydrogen-bond donors (Lipinski definition) is 1. The first-order chi connectivity index (χ1) is 5.38. The van der Waals surface area contributed by atoms with Crippen molar-refractivity contribution in [3.8, 4) is 0 Å². The molecule has 1 N–H and O–H groups in total. The molecular weight excluding hydrogens is 140 g/mol. The van der Waals surface area contributed by atoms with Gasteiger partial charge >= 0.3 is 0 Å².